The molecule has 0 unspecified atom stereocenters. The van der Waals surface area contributed by atoms with Crippen molar-refractivity contribution in [2.45, 2.75) is 57.5 Å². The Morgan fingerprint density at radius 2 is 1.83 bits per heavy atom. The topological polar surface area (TPSA) is 67.9 Å². The van der Waals surface area contributed by atoms with Gasteiger partial charge in [-0.1, -0.05) is 12.1 Å². The normalized spacial score (nSPS) is 32.0. The molecule has 1 N–H and O–H groups in total. The largest absolute Gasteiger partial charge is 0.493 e. The Labute approximate surface area is 172 Å². The SMILES string of the molecule is COc1cccc(CN(C)C(=O)C23C[C@@H]4C[C@H](CC(NC(C)=O)(C4)C2)C3)c1OC. The highest BCUT2D eigenvalue weighted by Crippen LogP contribution is 2.62. The van der Waals surface area contributed by atoms with Crippen LogP contribution >= 0.6 is 0 Å². The summed E-state index contributed by atoms with van der Waals surface area (Å²) >= 11 is 0. The number of carbonyl (C=O) groups excluding carboxylic acids is 2. The second kappa shape index (κ2) is 7.22. The molecule has 0 aromatic heterocycles. The number of benzene rings is 1. The number of rotatable bonds is 6. The molecule has 0 spiro atoms. The van der Waals surface area contributed by atoms with E-state index >= 15 is 0 Å². The van der Waals surface area contributed by atoms with Crippen LogP contribution in [0.2, 0.25) is 0 Å². The first-order valence-corrected chi connectivity index (χ1v) is 10.5. The van der Waals surface area contributed by atoms with Gasteiger partial charge < -0.3 is 19.7 Å². The Morgan fingerprint density at radius 1 is 1.14 bits per heavy atom. The number of para-hydroxylation sites is 1. The summed E-state index contributed by atoms with van der Waals surface area (Å²) in [6.45, 7) is 2.07. The lowest BCUT2D eigenvalue weighted by Gasteiger charge is -2.61. The predicted molar refractivity (Wildman–Crippen MR) is 110 cm³/mol. The van der Waals surface area contributed by atoms with Crippen molar-refractivity contribution in [3.8, 4) is 11.5 Å². The number of hydrogen-bond donors (Lipinski definition) is 1. The highest BCUT2D eigenvalue weighted by atomic mass is 16.5. The second-order valence-electron chi connectivity index (χ2n) is 9.52. The van der Waals surface area contributed by atoms with Gasteiger partial charge in [0.1, 0.15) is 0 Å². The molecule has 6 nitrogen and oxygen atoms in total. The molecule has 0 saturated heterocycles. The fourth-order valence-corrected chi connectivity index (χ4v) is 6.84. The van der Waals surface area contributed by atoms with Crippen molar-refractivity contribution in [1.82, 2.24) is 10.2 Å². The van der Waals surface area contributed by atoms with Crippen molar-refractivity contribution in [2.75, 3.05) is 21.3 Å². The first kappa shape index (κ1) is 20.0. The zero-order valence-electron chi connectivity index (χ0n) is 17.9. The van der Waals surface area contributed by atoms with Gasteiger partial charge in [-0.2, -0.15) is 0 Å². The molecular formula is C23H32N2O4. The van der Waals surface area contributed by atoms with E-state index in [0.717, 1.165) is 37.7 Å². The molecular weight excluding hydrogens is 368 g/mol. The highest BCUT2D eigenvalue weighted by Gasteiger charge is 2.61. The number of methoxy groups -OCH3 is 2. The molecule has 29 heavy (non-hydrogen) atoms. The van der Waals surface area contributed by atoms with Crippen molar-refractivity contribution in [1.29, 1.82) is 0 Å². The molecule has 2 amide bonds. The lowest BCUT2D eigenvalue weighted by Crippen LogP contribution is -2.65. The van der Waals surface area contributed by atoms with Gasteiger partial charge in [0.2, 0.25) is 11.8 Å². The van der Waals surface area contributed by atoms with Gasteiger partial charge in [0.25, 0.3) is 0 Å². The minimum Gasteiger partial charge on any atom is -0.493 e. The number of nitrogens with zero attached hydrogens (tertiary/aromatic N) is 1. The summed E-state index contributed by atoms with van der Waals surface area (Å²) in [5.74, 6) is 2.63. The van der Waals surface area contributed by atoms with Gasteiger partial charge in [-0.05, 0) is 56.4 Å². The number of hydrogen-bond acceptors (Lipinski definition) is 4. The van der Waals surface area contributed by atoms with Gasteiger partial charge in [-0.3, -0.25) is 9.59 Å². The summed E-state index contributed by atoms with van der Waals surface area (Å²) in [5, 5.41) is 3.24. The lowest BCUT2D eigenvalue weighted by molar-refractivity contribution is -0.162. The van der Waals surface area contributed by atoms with Crippen LogP contribution in [0.1, 0.15) is 51.0 Å². The van der Waals surface area contributed by atoms with E-state index in [4.69, 9.17) is 9.47 Å². The lowest BCUT2D eigenvalue weighted by atomic mass is 9.46. The van der Waals surface area contributed by atoms with Crippen molar-refractivity contribution >= 4 is 11.8 Å². The van der Waals surface area contributed by atoms with Crippen LogP contribution in [0.25, 0.3) is 0 Å². The molecule has 1 aromatic rings. The zero-order valence-corrected chi connectivity index (χ0v) is 17.9. The van der Waals surface area contributed by atoms with Crippen molar-refractivity contribution in [3.63, 3.8) is 0 Å². The van der Waals surface area contributed by atoms with Gasteiger partial charge >= 0.3 is 0 Å². The third-order valence-electron chi connectivity index (χ3n) is 7.19. The molecule has 1 aromatic carbocycles. The molecule has 4 aliphatic carbocycles. The van der Waals surface area contributed by atoms with E-state index in [9.17, 15) is 9.59 Å². The number of nitrogens with one attached hydrogen (secondary N) is 1. The van der Waals surface area contributed by atoms with Crippen molar-refractivity contribution in [2.24, 2.45) is 17.3 Å². The van der Waals surface area contributed by atoms with Crippen LogP contribution in [0.15, 0.2) is 18.2 Å². The fourth-order valence-electron chi connectivity index (χ4n) is 6.84. The fraction of sp³-hybridized carbons (Fsp3) is 0.652. The maximum atomic E-state index is 13.7. The van der Waals surface area contributed by atoms with E-state index < -0.39 is 0 Å². The van der Waals surface area contributed by atoms with Crippen LogP contribution in [0, 0.1) is 17.3 Å². The average molecular weight is 401 g/mol. The van der Waals surface area contributed by atoms with Crippen LogP contribution in [-0.2, 0) is 16.1 Å². The summed E-state index contributed by atoms with van der Waals surface area (Å²) in [6.07, 6.45) is 5.90. The maximum Gasteiger partial charge on any atom is 0.228 e. The quantitative estimate of drug-likeness (QED) is 0.797. The third kappa shape index (κ3) is 3.47. The van der Waals surface area contributed by atoms with Crippen molar-refractivity contribution < 1.29 is 19.1 Å². The van der Waals surface area contributed by atoms with Crippen LogP contribution in [0.5, 0.6) is 11.5 Å². The molecule has 158 valence electrons. The standard InChI is InChI=1S/C23H32N2O4/c1-15(26)24-23-11-16-8-17(12-23)10-22(9-16,14-23)21(27)25(2)13-18-6-5-7-19(28-3)20(18)29-4/h5-7,16-17H,8-14H2,1-4H3,(H,24,26)/t16-,17-,22?,23?/m0/s1. The minimum absolute atomic E-state index is 0.0176. The van der Waals surface area contributed by atoms with E-state index in [1.54, 1.807) is 21.1 Å². The average Bonchev–Trinajstić information content (AvgIpc) is 2.64. The predicted octanol–water partition coefficient (Wildman–Crippen LogP) is 3.14. The summed E-state index contributed by atoms with van der Waals surface area (Å²) < 4.78 is 10.9. The van der Waals surface area contributed by atoms with Gasteiger partial charge in [-0.15, -0.1) is 0 Å². The molecule has 4 aliphatic rings. The number of amides is 2. The molecule has 4 saturated carbocycles. The Balaban J connectivity index is 1.57. The van der Waals surface area contributed by atoms with Gasteiger partial charge in [0.05, 0.1) is 19.6 Å². The molecule has 4 fully saturated rings. The highest BCUT2D eigenvalue weighted by molar-refractivity contribution is 5.84. The minimum atomic E-state index is -0.354. The monoisotopic (exact) mass is 400 g/mol. The summed E-state index contributed by atoms with van der Waals surface area (Å²) in [6, 6.07) is 5.76. The van der Waals surface area contributed by atoms with Gasteiger partial charge in [0, 0.05) is 31.6 Å². The molecule has 0 radical (unpaired) electrons. The second-order valence-corrected chi connectivity index (χ2v) is 9.52. The number of ether oxygens (including phenoxy) is 2. The van der Waals surface area contributed by atoms with Crippen molar-refractivity contribution in [3.05, 3.63) is 23.8 Å². The smallest absolute Gasteiger partial charge is 0.228 e. The maximum absolute atomic E-state index is 13.7. The first-order chi connectivity index (χ1) is 13.8. The Kier molecular flexibility index (Phi) is 4.99. The molecule has 0 aliphatic heterocycles. The Hall–Kier alpha value is -2.24. The van der Waals surface area contributed by atoms with E-state index in [1.807, 2.05) is 30.1 Å². The van der Waals surface area contributed by atoms with Crippen LogP contribution in [0.4, 0.5) is 0 Å². The molecule has 6 heteroatoms. The number of carbonyl (C=O) groups is 2. The zero-order chi connectivity index (χ0) is 20.8. The first-order valence-electron chi connectivity index (χ1n) is 10.5. The van der Waals surface area contributed by atoms with E-state index in [-0.39, 0.29) is 22.8 Å². The van der Waals surface area contributed by atoms with Crippen LogP contribution in [0.3, 0.4) is 0 Å². The van der Waals surface area contributed by atoms with E-state index in [0.29, 0.717) is 29.9 Å². The summed E-state index contributed by atoms with van der Waals surface area (Å²) in [4.78, 5) is 27.4. The van der Waals surface area contributed by atoms with Gasteiger partial charge in [0.15, 0.2) is 11.5 Å². The summed E-state index contributed by atoms with van der Waals surface area (Å²) in [5.41, 5.74) is 0.386. The molecule has 0 heterocycles. The molecule has 4 bridgehead atoms. The van der Waals surface area contributed by atoms with E-state index in [1.165, 1.54) is 6.42 Å². The summed E-state index contributed by atoms with van der Waals surface area (Å²) in [7, 11) is 5.12. The molecule has 2 atom stereocenters. The van der Waals surface area contributed by atoms with Gasteiger partial charge in [-0.25, -0.2) is 0 Å². The van der Waals surface area contributed by atoms with E-state index in [2.05, 4.69) is 5.32 Å². The Morgan fingerprint density at radius 3 is 2.41 bits per heavy atom. The third-order valence-corrected chi connectivity index (χ3v) is 7.19. The van der Waals surface area contributed by atoms with Crippen LogP contribution in [-0.4, -0.2) is 43.5 Å². The Bertz CT molecular complexity index is 807. The molecule has 5 rings (SSSR count). The van der Waals surface area contributed by atoms with Crippen LogP contribution < -0.4 is 14.8 Å².